The van der Waals surface area contributed by atoms with Crippen LogP contribution in [0.3, 0.4) is 0 Å². The number of fused-ring (bicyclic) bond motifs is 1. The average molecular weight is 344 g/mol. The van der Waals surface area contributed by atoms with E-state index >= 15 is 0 Å². The first-order valence-electron chi connectivity index (χ1n) is 8.55. The molecule has 1 aliphatic rings. The summed E-state index contributed by atoms with van der Waals surface area (Å²) in [4.78, 5) is 15.7. The van der Waals surface area contributed by atoms with Gasteiger partial charge < -0.3 is 15.3 Å². The van der Waals surface area contributed by atoms with Crippen molar-refractivity contribution in [3.05, 3.63) is 57.8 Å². The Morgan fingerprint density at radius 2 is 2.17 bits per heavy atom. The number of aliphatic hydroxyl groups is 1. The molecule has 3 rings (SSSR count). The molecule has 5 heteroatoms. The number of carbonyl (C=O) groups is 1. The maximum Gasteiger partial charge on any atom is 0.318 e. The monoisotopic (exact) mass is 344 g/mol. The van der Waals surface area contributed by atoms with E-state index in [1.807, 2.05) is 17.5 Å². The number of hydrogen-bond acceptors (Lipinski definition) is 3. The van der Waals surface area contributed by atoms with Crippen LogP contribution >= 0.6 is 11.3 Å². The Morgan fingerprint density at radius 3 is 2.96 bits per heavy atom. The number of amides is 2. The van der Waals surface area contributed by atoms with Gasteiger partial charge in [0.15, 0.2) is 0 Å². The van der Waals surface area contributed by atoms with Gasteiger partial charge in [-0.25, -0.2) is 4.79 Å². The van der Waals surface area contributed by atoms with Crippen molar-refractivity contribution in [3.8, 4) is 0 Å². The second-order valence-corrected chi connectivity index (χ2v) is 7.12. The van der Waals surface area contributed by atoms with Crippen LogP contribution in [-0.4, -0.2) is 35.7 Å². The third-order valence-electron chi connectivity index (χ3n) is 4.54. The predicted molar refractivity (Wildman–Crippen MR) is 97.3 cm³/mol. The van der Waals surface area contributed by atoms with Gasteiger partial charge in [-0.2, -0.15) is 0 Å². The molecule has 0 saturated heterocycles. The largest absolute Gasteiger partial charge is 0.395 e. The lowest BCUT2D eigenvalue weighted by Crippen LogP contribution is -2.45. The van der Waals surface area contributed by atoms with Crippen molar-refractivity contribution in [1.82, 2.24) is 10.2 Å². The van der Waals surface area contributed by atoms with Crippen LogP contribution in [0.4, 0.5) is 4.79 Å². The molecule has 2 aromatic rings. The minimum Gasteiger partial charge on any atom is -0.395 e. The highest BCUT2D eigenvalue weighted by atomic mass is 32.1. The molecule has 0 radical (unpaired) electrons. The van der Waals surface area contributed by atoms with E-state index in [9.17, 15) is 9.90 Å². The SMILES string of the molecule is O=C(NCCc1cccs1)N(CCO)C1CCCc2ccccc21. The first-order valence-corrected chi connectivity index (χ1v) is 9.43. The van der Waals surface area contributed by atoms with Crippen LogP contribution in [0.1, 0.15) is 34.9 Å². The number of thiophene rings is 1. The molecule has 1 atom stereocenters. The van der Waals surface area contributed by atoms with E-state index in [2.05, 4.69) is 29.6 Å². The number of aryl methyl sites for hydroxylation is 1. The topological polar surface area (TPSA) is 52.6 Å². The van der Waals surface area contributed by atoms with Gasteiger partial charge in [0.25, 0.3) is 0 Å². The van der Waals surface area contributed by atoms with Gasteiger partial charge in [0.05, 0.1) is 12.6 Å². The fourth-order valence-electron chi connectivity index (χ4n) is 3.41. The Balaban J connectivity index is 1.66. The summed E-state index contributed by atoms with van der Waals surface area (Å²) >= 11 is 1.71. The van der Waals surface area contributed by atoms with E-state index in [-0.39, 0.29) is 18.7 Å². The van der Waals surface area contributed by atoms with Gasteiger partial charge in [0.1, 0.15) is 0 Å². The first-order chi connectivity index (χ1) is 11.8. The summed E-state index contributed by atoms with van der Waals surface area (Å²) in [6.07, 6.45) is 3.94. The smallest absolute Gasteiger partial charge is 0.318 e. The summed E-state index contributed by atoms with van der Waals surface area (Å²) in [5.41, 5.74) is 2.55. The van der Waals surface area contributed by atoms with Gasteiger partial charge in [-0.15, -0.1) is 11.3 Å². The molecule has 0 fully saturated rings. The van der Waals surface area contributed by atoms with E-state index in [1.165, 1.54) is 16.0 Å². The molecular weight excluding hydrogens is 320 g/mol. The van der Waals surface area contributed by atoms with Crippen LogP contribution in [0.5, 0.6) is 0 Å². The molecule has 1 aromatic carbocycles. The standard InChI is InChI=1S/C19H24N2O2S/c22-13-12-21(19(23)20-11-10-16-7-4-14-24-16)18-9-3-6-15-5-1-2-8-17(15)18/h1-2,4-5,7-8,14,18,22H,3,6,9-13H2,(H,20,23). The summed E-state index contributed by atoms with van der Waals surface area (Å²) in [6, 6.07) is 12.4. The Kier molecular flexibility index (Phi) is 5.88. The number of aliphatic hydroxyl groups excluding tert-OH is 1. The van der Waals surface area contributed by atoms with Crippen molar-refractivity contribution in [2.75, 3.05) is 19.7 Å². The van der Waals surface area contributed by atoms with Crippen molar-refractivity contribution in [1.29, 1.82) is 0 Å². The highest BCUT2D eigenvalue weighted by Crippen LogP contribution is 2.34. The van der Waals surface area contributed by atoms with Crippen LogP contribution in [-0.2, 0) is 12.8 Å². The molecule has 0 saturated carbocycles. The highest BCUT2D eigenvalue weighted by molar-refractivity contribution is 7.09. The molecule has 1 aliphatic carbocycles. The third kappa shape index (κ3) is 3.97. The van der Waals surface area contributed by atoms with Gasteiger partial charge in [-0.05, 0) is 48.3 Å². The quantitative estimate of drug-likeness (QED) is 0.844. The molecule has 24 heavy (non-hydrogen) atoms. The van der Waals surface area contributed by atoms with Gasteiger partial charge in [-0.3, -0.25) is 0 Å². The number of nitrogens with one attached hydrogen (secondary N) is 1. The van der Waals surface area contributed by atoms with Crippen LogP contribution in [0, 0.1) is 0 Å². The van der Waals surface area contributed by atoms with E-state index in [4.69, 9.17) is 0 Å². The highest BCUT2D eigenvalue weighted by Gasteiger charge is 2.28. The van der Waals surface area contributed by atoms with Crippen LogP contribution in [0.2, 0.25) is 0 Å². The number of urea groups is 1. The summed E-state index contributed by atoms with van der Waals surface area (Å²) in [6.45, 7) is 0.969. The van der Waals surface area contributed by atoms with E-state index < -0.39 is 0 Å². The fraction of sp³-hybridized carbons (Fsp3) is 0.421. The Morgan fingerprint density at radius 1 is 1.29 bits per heavy atom. The van der Waals surface area contributed by atoms with Crippen molar-refractivity contribution in [2.24, 2.45) is 0 Å². The lowest BCUT2D eigenvalue weighted by Gasteiger charge is -2.35. The Labute approximate surface area is 147 Å². The molecule has 0 spiro atoms. The fourth-order valence-corrected chi connectivity index (χ4v) is 4.12. The number of nitrogens with zero attached hydrogens (tertiary/aromatic N) is 1. The molecule has 4 nitrogen and oxygen atoms in total. The summed E-state index contributed by atoms with van der Waals surface area (Å²) in [7, 11) is 0. The molecule has 1 heterocycles. The summed E-state index contributed by atoms with van der Waals surface area (Å²) < 4.78 is 0. The van der Waals surface area contributed by atoms with Gasteiger partial charge in [0.2, 0.25) is 0 Å². The molecule has 2 N–H and O–H groups in total. The van der Waals surface area contributed by atoms with Crippen LogP contribution in [0.25, 0.3) is 0 Å². The number of hydrogen-bond donors (Lipinski definition) is 2. The van der Waals surface area contributed by atoms with E-state index in [1.54, 1.807) is 16.2 Å². The lowest BCUT2D eigenvalue weighted by molar-refractivity contribution is 0.144. The lowest BCUT2D eigenvalue weighted by atomic mass is 9.87. The summed E-state index contributed by atoms with van der Waals surface area (Å²) in [5, 5.41) is 14.5. The van der Waals surface area contributed by atoms with E-state index in [0.717, 1.165) is 25.7 Å². The minimum absolute atomic E-state index is 0.0169. The van der Waals surface area contributed by atoms with Crippen LogP contribution < -0.4 is 5.32 Å². The maximum atomic E-state index is 12.7. The maximum absolute atomic E-state index is 12.7. The molecule has 0 bridgehead atoms. The molecule has 0 aliphatic heterocycles. The molecule has 1 unspecified atom stereocenters. The van der Waals surface area contributed by atoms with Gasteiger partial charge in [-0.1, -0.05) is 30.3 Å². The van der Waals surface area contributed by atoms with Crippen molar-refractivity contribution in [3.63, 3.8) is 0 Å². The van der Waals surface area contributed by atoms with Crippen molar-refractivity contribution < 1.29 is 9.90 Å². The number of benzene rings is 1. The second-order valence-electron chi connectivity index (χ2n) is 6.09. The zero-order chi connectivity index (χ0) is 16.8. The third-order valence-corrected chi connectivity index (χ3v) is 5.48. The minimum atomic E-state index is -0.0812. The van der Waals surface area contributed by atoms with Crippen LogP contribution in [0.15, 0.2) is 41.8 Å². The molecule has 128 valence electrons. The predicted octanol–water partition coefficient (Wildman–Crippen LogP) is 3.37. The number of rotatable bonds is 6. The zero-order valence-corrected chi connectivity index (χ0v) is 14.6. The molecule has 1 aromatic heterocycles. The van der Waals surface area contributed by atoms with Crippen molar-refractivity contribution in [2.45, 2.75) is 31.7 Å². The van der Waals surface area contributed by atoms with Crippen molar-refractivity contribution >= 4 is 17.4 Å². The van der Waals surface area contributed by atoms with Gasteiger partial charge in [0, 0.05) is 18.0 Å². The Bertz CT molecular complexity index is 657. The second kappa shape index (κ2) is 8.31. The first kappa shape index (κ1) is 17.0. The molecule has 2 amide bonds. The normalized spacial score (nSPS) is 16.5. The zero-order valence-electron chi connectivity index (χ0n) is 13.8. The van der Waals surface area contributed by atoms with Gasteiger partial charge >= 0.3 is 6.03 Å². The Hall–Kier alpha value is -1.85. The summed E-state index contributed by atoms with van der Waals surface area (Å²) in [5.74, 6) is 0. The average Bonchev–Trinajstić information content (AvgIpc) is 3.12. The molecular formula is C19H24N2O2S. The number of carbonyl (C=O) groups excluding carboxylic acids is 1. The van der Waals surface area contributed by atoms with E-state index in [0.29, 0.717) is 13.1 Å².